The van der Waals surface area contributed by atoms with Crippen molar-refractivity contribution in [1.29, 1.82) is 0 Å². The van der Waals surface area contributed by atoms with Crippen molar-refractivity contribution < 1.29 is 27.8 Å². The normalized spacial score (nSPS) is 14.6. The highest BCUT2D eigenvalue weighted by molar-refractivity contribution is 5.98. The summed E-state index contributed by atoms with van der Waals surface area (Å²) in [5, 5.41) is 9.72. The number of ether oxygens (including phenoxy) is 1. The molecule has 0 aliphatic heterocycles. The molecular formula is C35H28F3NO3. The second kappa shape index (κ2) is 11.3. The van der Waals surface area contributed by atoms with Crippen molar-refractivity contribution in [1.82, 2.24) is 4.98 Å². The molecule has 5 aromatic rings. The summed E-state index contributed by atoms with van der Waals surface area (Å²) in [7, 11) is 0. The number of rotatable bonds is 8. The molecule has 212 valence electrons. The Morgan fingerprint density at radius 2 is 1.69 bits per heavy atom. The van der Waals surface area contributed by atoms with Crippen LogP contribution >= 0.6 is 0 Å². The van der Waals surface area contributed by atoms with Crippen molar-refractivity contribution in [3.05, 3.63) is 131 Å². The van der Waals surface area contributed by atoms with Crippen LogP contribution < -0.4 is 4.74 Å². The molecule has 7 heteroatoms. The third-order valence-corrected chi connectivity index (χ3v) is 7.90. The van der Waals surface area contributed by atoms with Gasteiger partial charge >= 0.3 is 12.1 Å². The van der Waals surface area contributed by atoms with Gasteiger partial charge in [-0.2, -0.15) is 13.2 Å². The minimum Gasteiger partial charge on any atom is -0.489 e. The number of halogens is 3. The highest BCUT2D eigenvalue weighted by Crippen LogP contribution is 2.41. The number of aromatic nitrogens is 1. The van der Waals surface area contributed by atoms with E-state index < -0.39 is 17.7 Å². The van der Waals surface area contributed by atoms with Gasteiger partial charge in [0.25, 0.3) is 0 Å². The quantitative estimate of drug-likeness (QED) is 0.204. The molecule has 4 nitrogen and oxygen atoms in total. The number of alkyl halides is 3. The van der Waals surface area contributed by atoms with Crippen molar-refractivity contribution in [3.8, 4) is 16.9 Å². The summed E-state index contributed by atoms with van der Waals surface area (Å²) in [6.07, 6.45) is -0.819. The molecule has 0 spiro atoms. The fourth-order valence-electron chi connectivity index (χ4n) is 6.03. The molecular weight excluding hydrogens is 539 g/mol. The predicted molar refractivity (Wildman–Crippen MR) is 156 cm³/mol. The van der Waals surface area contributed by atoms with E-state index in [2.05, 4.69) is 4.98 Å². The smallest absolute Gasteiger partial charge is 0.418 e. The van der Waals surface area contributed by atoms with Gasteiger partial charge in [-0.1, -0.05) is 72.8 Å². The summed E-state index contributed by atoms with van der Waals surface area (Å²) in [4.78, 5) is 15.6. The first kappa shape index (κ1) is 27.5. The zero-order chi connectivity index (χ0) is 29.3. The molecule has 0 bridgehead atoms. The first-order valence-electron chi connectivity index (χ1n) is 13.9. The number of nitrogens with zero attached hydrogens (tertiary/aromatic N) is 1. The number of carboxylic acid groups (broad SMARTS) is 1. The number of benzene rings is 4. The lowest BCUT2D eigenvalue weighted by Gasteiger charge is -2.17. The molecule has 0 saturated carbocycles. The molecule has 1 heterocycles. The van der Waals surface area contributed by atoms with Crippen LogP contribution in [0.25, 0.3) is 22.0 Å². The van der Waals surface area contributed by atoms with Gasteiger partial charge in [0, 0.05) is 11.6 Å². The number of carboxylic acids is 1. The standard InChI is InChI=1S/C35H28F3NO3/c36-35(37,38)30-13-5-12-29-33(26(20-39-34(29)30)17-22-7-2-1-3-8-22)25-10-4-9-23(18-25)21-42-31-14-6-11-27-24(19-32(40)41)15-16-28(27)31/h1-14,18,20,24H,15-17,19,21H2,(H,40,41). The molecule has 0 fully saturated rings. The average molecular weight is 568 g/mol. The molecule has 1 aliphatic rings. The van der Waals surface area contributed by atoms with Gasteiger partial charge in [-0.05, 0) is 82.3 Å². The van der Waals surface area contributed by atoms with Gasteiger partial charge in [0.1, 0.15) is 12.4 Å². The zero-order valence-electron chi connectivity index (χ0n) is 22.7. The Kier molecular flexibility index (Phi) is 7.42. The molecule has 1 N–H and O–H groups in total. The summed E-state index contributed by atoms with van der Waals surface area (Å²) in [5.74, 6) is -0.0951. The van der Waals surface area contributed by atoms with E-state index in [1.165, 1.54) is 6.07 Å². The second-order valence-electron chi connectivity index (χ2n) is 10.7. The average Bonchev–Trinajstić information content (AvgIpc) is 3.38. The maximum atomic E-state index is 13.9. The molecule has 42 heavy (non-hydrogen) atoms. The van der Waals surface area contributed by atoms with Gasteiger partial charge < -0.3 is 9.84 Å². The topological polar surface area (TPSA) is 59.4 Å². The van der Waals surface area contributed by atoms with Crippen molar-refractivity contribution >= 4 is 16.9 Å². The fourth-order valence-corrected chi connectivity index (χ4v) is 6.03. The Balaban J connectivity index is 1.37. The SMILES string of the molecule is O=C(O)CC1CCc2c(OCc3cccc(-c4c(Cc5ccccc5)cnc5c(C(F)(F)F)cccc45)c3)cccc21. The summed E-state index contributed by atoms with van der Waals surface area (Å²) in [6.45, 7) is 0.263. The molecule has 1 unspecified atom stereocenters. The van der Waals surface area contributed by atoms with Crippen LogP contribution in [0.1, 0.15) is 52.1 Å². The van der Waals surface area contributed by atoms with Crippen molar-refractivity contribution in [3.63, 3.8) is 0 Å². The molecule has 1 atom stereocenters. The van der Waals surface area contributed by atoms with E-state index in [1.807, 2.05) is 72.8 Å². The van der Waals surface area contributed by atoms with E-state index in [0.29, 0.717) is 17.4 Å². The maximum absolute atomic E-state index is 13.9. The van der Waals surface area contributed by atoms with Gasteiger partial charge in [-0.3, -0.25) is 9.78 Å². The number of fused-ring (bicyclic) bond motifs is 2. The third kappa shape index (κ3) is 5.59. The van der Waals surface area contributed by atoms with Crippen LogP contribution in [-0.4, -0.2) is 16.1 Å². The number of carbonyl (C=O) groups is 1. The first-order chi connectivity index (χ1) is 20.3. The van der Waals surface area contributed by atoms with Gasteiger partial charge in [0.2, 0.25) is 0 Å². The number of hydrogen-bond donors (Lipinski definition) is 1. The summed E-state index contributed by atoms with van der Waals surface area (Å²) < 4.78 is 48.0. The lowest BCUT2D eigenvalue weighted by molar-refractivity contribution is -0.138. The van der Waals surface area contributed by atoms with Crippen LogP contribution in [0.15, 0.2) is 97.2 Å². The Morgan fingerprint density at radius 3 is 2.48 bits per heavy atom. The van der Waals surface area contributed by atoms with Gasteiger partial charge in [0.15, 0.2) is 0 Å². The fraction of sp³-hybridized carbons (Fsp3) is 0.200. The highest BCUT2D eigenvalue weighted by atomic mass is 19.4. The van der Waals surface area contributed by atoms with Crippen LogP contribution in [0, 0.1) is 0 Å². The van der Waals surface area contributed by atoms with Crippen molar-refractivity contribution in [2.24, 2.45) is 0 Å². The largest absolute Gasteiger partial charge is 0.489 e. The van der Waals surface area contributed by atoms with Crippen molar-refractivity contribution in [2.45, 2.75) is 44.4 Å². The molecule has 1 aliphatic carbocycles. The molecule has 6 rings (SSSR count). The van der Waals surface area contributed by atoms with Crippen LogP contribution in [0.4, 0.5) is 13.2 Å². The first-order valence-corrected chi connectivity index (χ1v) is 13.9. The Labute approximate surface area is 241 Å². The van der Waals surface area contributed by atoms with E-state index in [4.69, 9.17) is 4.74 Å². The molecule has 0 amide bonds. The molecule has 0 radical (unpaired) electrons. The van der Waals surface area contributed by atoms with Crippen LogP contribution in [0.3, 0.4) is 0 Å². The van der Waals surface area contributed by atoms with E-state index in [9.17, 15) is 23.1 Å². The number of hydrogen-bond acceptors (Lipinski definition) is 3. The Morgan fingerprint density at radius 1 is 0.929 bits per heavy atom. The van der Waals surface area contributed by atoms with Gasteiger partial charge in [-0.25, -0.2) is 0 Å². The zero-order valence-corrected chi connectivity index (χ0v) is 22.7. The second-order valence-corrected chi connectivity index (χ2v) is 10.7. The van der Waals surface area contributed by atoms with E-state index in [-0.39, 0.29) is 24.5 Å². The van der Waals surface area contributed by atoms with Gasteiger partial charge in [-0.15, -0.1) is 0 Å². The minimum atomic E-state index is -4.53. The Bertz CT molecular complexity index is 1770. The summed E-state index contributed by atoms with van der Waals surface area (Å²) in [5.41, 5.74) is 5.47. The molecule has 4 aromatic carbocycles. The van der Waals surface area contributed by atoms with Crippen LogP contribution in [-0.2, 0) is 30.4 Å². The molecule has 1 aromatic heterocycles. The number of aliphatic carboxylic acids is 1. The van der Waals surface area contributed by atoms with E-state index >= 15 is 0 Å². The van der Waals surface area contributed by atoms with Crippen molar-refractivity contribution in [2.75, 3.05) is 0 Å². The monoisotopic (exact) mass is 567 g/mol. The predicted octanol–water partition coefficient (Wildman–Crippen LogP) is 8.59. The lowest BCUT2D eigenvalue weighted by Crippen LogP contribution is -2.07. The van der Waals surface area contributed by atoms with Crippen LogP contribution in [0.2, 0.25) is 0 Å². The number of pyridine rings is 1. The molecule has 0 saturated heterocycles. The van der Waals surface area contributed by atoms with Crippen LogP contribution in [0.5, 0.6) is 5.75 Å². The van der Waals surface area contributed by atoms with E-state index in [1.54, 1.807) is 12.3 Å². The lowest BCUT2D eigenvalue weighted by atomic mass is 9.91. The summed E-state index contributed by atoms with van der Waals surface area (Å²) in [6, 6.07) is 27.4. The Hall–Kier alpha value is -4.65. The number of para-hydroxylation sites is 1. The highest BCUT2D eigenvalue weighted by Gasteiger charge is 2.34. The van der Waals surface area contributed by atoms with Gasteiger partial charge in [0.05, 0.1) is 17.5 Å². The van der Waals surface area contributed by atoms with E-state index in [0.717, 1.165) is 58.0 Å². The summed E-state index contributed by atoms with van der Waals surface area (Å²) >= 11 is 0. The minimum absolute atomic E-state index is 0.0195. The third-order valence-electron chi connectivity index (χ3n) is 7.90. The maximum Gasteiger partial charge on any atom is 0.418 e.